The molecular weight excluding hydrogens is 763 g/mol. The lowest BCUT2D eigenvalue weighted by atomic mass is 9.65. The van der Waals surface area contributed by atoms with Crippen LogP contribution in [0.25, 0.3) is 0 Å². The molecule has 7 N–H and O–H groups in total. The molecule has 60 heavy (non-hydrogen) atoms. The van der Waals surface area contributed by atoms with E-state index in [9.17, 15) is 19.8 Å². The third-order valence-electron chi connectivity index (χ3n) is 11.4. The first-order valence-electron chi connectivity index (χ1n) is 19.6. The number of anilines is 1. The zero-order valence-electron chi connectivity index (χ0n) is 32.4. The fourth-order valence-electron chi connectivity index (χ4n) is 8.96. The summed E-state index contributed by atoms with van der Waals surface area (Å²) in [7, 11) is 0. The van der Waals surface area contributed by atoms with Crippen molar-refractivity contribution in [1.82, 2.24) is 15.5 Å². The molecule has 0 bridgehead atoms. The second-order valence-corrected chi connectivity index (χ2v) is 14.8. The van der Waals surface area contributed by atoms with Crippen molar-refractivity contribution in [3.63, 3.8) is 0 Å². The van der Waals surface area contributed by atoms with Gasteiger partial charge in [-0.2, -0.15) is 0 Å². The number of esters is 1. The number of nitrogens with two attached hydrogens (primary N) is 1. The number of ether oxygens (including phenoxy) is 2. The Balaban J connectivity index is 1.36. The summed E-state index contributed by atoms with van der Waals surface area (Å²) in [6, 6.07) is 36.3. The maximum Gasteiger partial charge on any atom is 0.324 e. The van der Waals surface area contributed by atoms with E-state index in [1.165, 1.54) is 0 Å². The van der Waals surface area contributed by atoms with Crippen molar-refractivity contribution in [3.05, 3.63) is 167 Å². The van der Waals surface area contributed by atoms with Gasteiger partial charge < -0.3 is 41.4 Å². The second-order valence-electron chi connectivity index (χ2n) is 14.8. The summed E-state index contributed by atoms with van der Waals surface area (Å²) in [6.45, 7) is -0.368. The molecule has 7 atom stereocenters. The van der Waals surface area contributed by atoms with Gasteiger partial charge in [-0.1, -0.05) is 115 Å². The molecule has 8 rings (SSSR count). The van der Waals surface area contributed by atoms with Gasteiger partial charge in [-0.05, 0) is 58.1 Å². The van der Waals surface area contributed by atoms with E-state index in [-0.39, 0.29) is 26.3 Å². The second kappa shape index (κ2) is 17.1. The van der Waals surface area contributed by atoms with E-state index < -0.39 is 65.5 Å². The van der Waals surface area contributed by atoms with Crippen molar-refractivity contribution in [2.75, 3.05) is 31.6 Å². The first kappa shape index (κ1) is 39.8. The highest BCUT2D eigenvalue weighted by Crippen LogP contribution is 2.64. The molecule has 3 heterocycles. The van der Waals surface area contributed by atoms with Crippen LogP contribution in [-0.4, -0.2) is 71.3 Å². The van der Waals surface area contributed by atoms with Crippen molar-refractivity contribution >= 4 is 29.5 Å². The number of aliphatic hydroxyl groups is 2. The molecule has 13 heteroatoms. The highest BCUT2D eigenvalue weighted by Gasteiger charge is 2.74. The number of primary amides is 1. The Morgan fingerprint density at radius 1 is 0.850 bits per heavy atom. The third kappa shape index (κ3) is 7.32. The Bertz CT molecular complexity index is 2440. The number of rotatable bonds is 11. The predicted octanol–water partition coefficient (Wildman–Crippen LogP) is 4.20. The molecule has 0 aromatic heterocycles. The van der Waals surface area contributed by atoms with Crippen LogP contribution in [0.1, 0.15) is 57.7 Å². The van der Waals surface area contributed by atoms with Gasteiger partial charge in [-0.3, -0.25) is 19.3 Å². The minimum atomic E-state index is -1.80. The number of morpholine rings is 1. The Labute approximate surface area is 346 Å². The average Bonchev–Trinajstić information content (AvgIpc) is 3.75. The number of hydrogen-bond donors (Lipinski definition) is 6. The number of hydrogen-bond acceptors (Lipinski definition) is 9. The highest BCUT2D eigenvalue weighted by molar-refractivity contribution is 6.12. The van der Waals surface area contributed by atoms with Crippen LogP contribution >= 0.6 is 0 Å². The van der Waals surface area contributed by atoms with Crippen LogP contribution in [0.2, 0.25) is 0 Å². The van der Waals surface area contributed by atoms with Crippen molar-refractivity contribution < 1.29 is 38.9 Å². The van der Waals surface area contributed by atoms with Crippen molar-refractivity contribution in [3.8, 4) is 17.6 Å². The molecule has 0 radical (unpaired) electrons. The topological polar surface area (TPSA) is 193 Å². The monoisotopic (exact) mass is 805 g/mol. The number of nitrogens with zero attached hydrogens (tertiary/aromatic N) is 1. The van der Waals surface area contributed by atoms with Gasteiger partial charge in [0, 0.05) is 17.8 Å². The maximum atomic E-state index is 15.3. The van der Waals surface area contributed by atoms with Crippen LogP contribution in [0.5, 0.6) is 5.75 Å². The molecule has 0 aliphatic carbocycles. The molecule has 0 unspecified atom stereocenters. The van der Waals surface area contributed by atoms with Gasteiger partial charge in [0.15, 0.2) is 0 Å². The summed E-state index contributed by atoms with van der Waals surface area (Å²) < 4.78 is 12.2. The number of carbonyl (C=O) groups excluding carboxylic acids is 4. The van der Waals surface area contributed by atoms with E-state index in [2.05, 4.69) is 27.8 Å². The SMILES string of the molecule is NC(=O)NCC#Cc1ccc2c(c1)[C@]1(C(=O)N2)[C@H](c2ccc(OCCO)cc2)N2[C@H](c3ccccc3)[C@H](c3ccccc3)OC(=O)[C@H]2[C@@H]1C(=O)NC[C@H](O)c1ccccc1. The molecule has 3 aliphatic heterocycles. The number of cyclic esters (lactones) is 1. The summed E-state index contributed by atoms with van der Waals surface area (Å²) >= 11 is 0. The lowest BCUT2D eigenvalue weighted by Gasteiger charge is -2.46. The third-order valence-corrected chi connectivity index (χ3v) is 11.4. The Morgan fingerprint density at radius 2 is 1.52 bits per heavy atom. The van der Waals surface area contributed by atoms with E-state index in [1.807, 2.05) is 71.6 Å². The number of amides is 4. The lowest BCUT2D eigenvalue weighted by molar-refractivity contribution is -0.178. The molecular formula is C47H43N5O8. The van der Waals surface area contributed by atoms with E-state index in [0.717, 1.165) is 11.1 Å². The Kier molecular flexibility index (Phi) is 11.3. The van der Waals surface area contributed by atoms with Gasteiger partial charge in [0.05, 0.1) is 37.3 Å². The molecule has 2 fully saturated rings. The number of aliphatic hydroxyl groups excluding tert-OH is 2. The zero-order valence-corrected chi connectivity index (χ0v) is 32.4. The molecule has 5 aromatic carbocycles. The van der Waals surface area contributed by atoms with Crippen LogP contribution in [0, 0.1) is 17.8 Å². The smallest absolute Gasteiger partial charge is 0.324 e. The predicted molar refractivity (Wildman–Crippen MR) is 221 cm³/mol. The van der Waals surface area contributed by atoms with E-state index in [1.54, 1.807) is 66.7 Å². The normalized spacial score (nSPS) is 23.3. The Hall–Kier alpha value is -6.98. The van der Waals surface area contributed by atoms with Crippen molar-refractivity contribution in [2.24, 2.45) is 11.7 Å². The van der Waals surface area contributed by atoms with Gasteiger partial charge in [-0.15, -0.1) is 0 Å². The van der Waals surface area contributed by atoms with Crippen molar-refractivity contribution in [1.29, 1.82) is 0 Å². The van der Waals surface area contributed by atoms with Crippen LogP contribution in [0.15, 0.2) is 133 Å². The number of fused-ring (bicyclic) bond motifs is 3. The highest BCUT2D eigenvalue weighted by atomic mass is 16.6. The quantitative estimate of drug-likeness (QED) is 0.0839. The summed E-state index contributed by atoms with van der Waals surface area (Å²) in [5.74, 6) is 3.12. The van der Waals surface area contributed by atoms with Gasteiger partial charge in [-0.25, -0.2) is 4.79 Å². The largest absolute Gasteiger partial charge is 0.491 e. The Morgan fingerprint density at radius 3 is 2.18 bits per heavy atom. The first-order valence-corrected chi connectivity index (χ1v) is 19.6. The molecule has 2 saturated heterocycles. The number of nitrogens with one attached hydrogen (secondary N) is 3. The van der Waals surface area contributed by atoms with E-state index >= 15 is 9.59 Å². The zero-order chi connectivity index (χ0) is 41.8. The van der Waals surface area contributed by atoms with Gasteiger partial charge in [0.1, 0.15) is 29.9 Å². The van der Waals surface area contributed by atoms with Crippen LogP contribution in [0.4, 0.5) is 10.5 Å². The van der Waals surface area contributed by atoms with Crippen LogP contribution in [-0.2, 0) is 24.5 Å². The number of carbonyl (C=O) groups is 4. The molecule has 3 aliphatic rings. The average molecular weight is 806 g/mol. The van der Waals surface area contributed by atoms with E-state index in [0.29, 0.717) is 33.7 Å². The first-order chi connectivity index (χ1) is 29.2. The molecule has 5 aromatic rings. The fourth-order valence-corrected chi connectivity index (χ4v) is 8.96. The number of benzene rings is 5. The summed E-state index contributed by atoms with van der Waals surface area (Å²) in [5, 5.41) is 29.1. The van der Waals surface area contributed by atoms with Crippen molar-refractivity contribution in [2.45, 2.75) is 35.7 Å². The fraction of sp³-hybridized carbons (Fsp3) is 0.234. The minimum absolute atomic E-state index is 0.0296. The molecule has 13 nitrogen and oxygen atoms in total. The molecule has 4 amide bonds. The summed E-state index contributed by atoms with van der Waals surface area (Å²) in [5.41, 5.74) is 7.48. The summed E-state index contributed by atoms with van der Waals surface area (Å²) in [4.78, 5) is 58.9. The van der Waals surface area contributed by atoms with Crippen LogP contribution in [0.3, 0.4) is 0 Å². The van der Waals surface area contributed by atoms with Gasteiger partial charge >= 0.3 is 12.0 Å². The number of urea groups is 1. The summed E-state index contributed by atoms with van der Waals surface area (Å²) in [6.07, 6.45) is -1.95. The molecule has 304 valence electrons. The van der Waals surface area contributed by atoms with Crippen LogP contribution < -0.4 is 26.4 Å². The standard InChI is InChI=1S/C47H43N5O8/c48-46(58)49-24-10-11-29-18-23-36-35(27-29)47(45(57)51-36)38(43(55)50-28-37(54)30-12-4-1-5-13-30)40-44(56)60-41(32-16-8-3-9-17-32)39(31-14-6-2-7-15-31)52(40)42(47)33-19-21-34(22-20-33)59-26-25-53/h1-9,12-23,27,37-42,53-54H,24-26,28H2,(H,50,55)(H,51,57)(H3,48,49,58)/t37-,38+,39+,40+,41-,42-,47+/m0/s1. The van der Waals surface area contributed by atoms with Gasteiger partial charge in [0.2, 0.25) is 11.8 Å². The van der Waals surface area contributed by atoms with E-state index in [4.69, 9.17) is 15.2 Å². The van der Waals surface area contributed by atoms with Gasteiger partial charge in [0.25, 0.3) is 0 Å². The minimum Gasteiger partial charge on any atom is -0.491 e. The molecule has 1 spiro atoms. The lowest BCUT2D eigenvalue weighted by Crippen LogP contribution is -2.55. The maximum absolute atomic E-state index is 15.3. The molecule has 0 saturated carbocycles.